The van der Waals surface area contributed by atoms with E-state index in [0.717, 1.165) is 11.8 Å². The second-order valence-corrected chi connectivity index (χ2v) is 7.25. The molecule has 0 aliphatic rings. The Balaban J connectivity index is 2.08. The van der Waals surface area contributed by atoms with E-state index in [9.17, 15) is 18.0 Å². The number of aromatic nitrogens is 3. The van der Waals surface area contributed by atoms with Gasteiger partial charge in [-0.2, -0.15) is 29.6 Å². The number of aryl methyl sites for hydroxylation is 2. The van der Waals surface area contributed by atoms with Crippen LogP contribution in [-0.2, 0) is 0 Å². The maximum atomic E-state index is 12.7. The first-order valence-corrected chi connectivity index (χ1v) is 8.64. The van der Waals surface area contributed by atoms with E-state index in [1.54, 1.807) is 19.1 Å². The summed E-state index contributed by atoms with van der Waals surface area (Å²) in [5.41, 5.74) is 1.62. The number of carbonyl (C=O) groups is 1. The number of amides is 1. The van der Waals surface area contributed by atoms with Crippen molar-refractivity contribution in [3.8, 4) is 10.6 Å². The van der Waals surface area contributed by atoms with Gasteiger partial charge in [-0.1, -0.05) is 0 Å². The van der Waals surface area contributed by atoms with Gasteiger partial charge in [-0.05, 0) is 37.8 Å². The minimum Gasteiger partial charge on any atom is -0.340 e. The highest BCUT2D eigenvalue weighted by molar-refractivity contribution is 7.16. The van der Waals surface area contributed by atoms with Crippen molar-refractivity contribution in [3.05, 3.63) is 45.9 Å². The fourth-order valence-electron chi connectivity index (χ4n) is 2.51. The first-order valence-electron chi connectivity index (χ1n) is 7.83. The molecular formula is C17H14F3N5OS. The maximum Gasteiger partial charge on any atom is 0.408 e. The molecule has 1 atom stereocenters. The molecule has 0 bridgehead atoms. The summed E-state index contributed by atoms with van der Waals surface area (Å²) in [6.07, 6.45) is -3.36. The Bertz CT molecular complexity index is 1080. The van der Waals surface area contributed by atoms with Crippen molar-refractivity contribution in [1.29, 1.82) is 0 Å². The number of hydrogen-bond acceptors (Lipinski definition) is 4. The van der Waals surface area contributed by atoms with E-state index in [1.165, 1.54) is 22.0 Å². The molecule has 1 amide bonds. The van der Waals surface area contributed by atoms with Crippen molar-refractivity contribution in [1.82, 2.24) is 19.9 Å². The second-order valence-electron chi connectivity index (χ2n) is 6.00. The average molecular weight is 393 g/mol. The van der Waals surface area contributed by atoms with Crippen LogP contribution >= 0.6 is 11.3 Å². The third-order valence-electron chi connectivity index (χ3n) is 3.92. The van der Waals surface area contributed by atoms with E-state index in [-0.39, 0.29) is 11.2 Å². The molecule has 1 N–H and O–H groups in total. The minimum atomic E-state index is -4.55. The van der Waals surface area contributed by atoms with E-state index in [2.05, 4.69) is 14.9 Å². The largest absolute Gasteiger partial charge is 0.408 e. The maximum absolute atomic E-state index is 12.7. The zero-order chi connectivity index (χ0) is 19.9. The molecule has 140 valence electrons. The smallest absolute Gasteiger partial charge is 0.340 e. The number of nitrogens with zero attached hydrogens (tertiary/aromatic N) is 4. The molecule has 0 saturated heterocycles. The number of fused-ring (bicyclic) bond motifs is 1. The standard InChI is InChI=1S/C17H14F3N5OS/c1-8-5-13(14-12(21-4)6-9(2)27-14)24-15-11(7-22-25(8)15)16(26)23-10(3)17(18,19)20/h5-7,10H,1-3H3,(H,23,26)/t10-/m0/s1. The predicted octanol–water partition coefficient (Wildman–Crippen LogP) is 4.31. The van der Waals surface area contributed by atoms with Crippen molar-refractivity contribution in [2.24, 2.45) is 0 Å². The molecule has 0 aromatic carbocycles. The SMILES string of the molecule is [C-]#[N+]c1cc(C)sc1-c1cc(C)n2ncc(C(=O)N[C@@H](C)C(F)(F)F)c2n1. The molecule has 3 aromatic heterocycles. The molecule has 3 rings (SSSR count). The average Bonchev–Trinajstić information content (AvgIpc) is 3.17. The van der Waals surface area contributed by atoms with Gasteiger partial charge in [0.25, 0.3) is 5.91 Å². The van der Waals surface area contributed by atoms with Crippen LogP contribution in [0.3, 0.4) is 0 Å². The Kier molecular flexibility index (Phi) is 4.65. The van der Waals surface area contributed by atoms with Gasteiger partial charge in [0.05, 0.1) is 23.3 Å². The second kappa shape index (κ2) is 6.66. The van der Waals surface area contributed by atoms with Crippen LogP contribution in [0.4, 0.5) is 18.9 Å². The Morgan fingerprint density at radius 3 is 2.70 bits per heavy atom. The summed E-state index contributed by atoms with van der Waals surface area (Å²) >= 11 is 1.38. The molecule has 0 unspecified atom stereocenters. The van der Waals surface area contributed by atoms with E-state index in [1.807, 2.05) is 12.2 Å². The van der Waals surface area contributed by atoms with Crippen LogP contribution in [0.1, 0.15) is 27.9 Å². The van der Waals surface area contributed by atoms with Crippen LogP contribution in [0.15, 0.2) is 18.3 Å². The number of halogens is 3. The van der Waals surface area contributed by atoms with Crippen LogP contribution in [0.2, 0.25) is 0 Å². The van der Waals surface area contributed by atoms with E-state index in [0.29, 0.717) is 22.0 Å². The van der Waals surface area contributed by atoms with Crippen molar-refractivity contribution in [2.45, 2.75) is 33.0 Å². The predicted molar refractivity (Wildman–Crippen MR) is 95.0 cm³/mol. The Morgan fingerprint density at radius 1 is 1.37 bits per heavy atom. The lowest BCUT2D eigenvalue weighted by Crippen LogP contribution is -2.43. The summed E-state index contributed by atoms with van der Waals surface area (Å²) in [6.45, 7) is 11.8. The number of nitrogens with one attached hydrogen (secondary N) is 1. The van der Waals surface area contributed by atoms with Gasteiger partial charge in [0.2, 0.25) is 5.69 Å². The van der Waals surface area contributed by atoms with Crippen LogP contribution < -0.4 is 5.32 Å². The van der Waals surface area contributed by atoms with E-state index in [4.69, 9.17) is 6.57 Å². The number of hydrogen-bond donors (Lipinski definition) is 1. The van der Waals surface area contributed by atoms with Crippen molar-refractivity contribution < 1.29 is 18.0 Å². The fraction of sp³-hybridized carbons (Fsp3) is 0.294. The lowest BCUT2D eigenvalue weighted by molar-refractivity contribution is -0.149. The van der Waals surface area contributed by atoms with Gasteiger partial charge >= 0.3 is 6.18 Å². The lowest BCUT2D eigenvalue weighted by atomic mass is 10.2. The highest BCUT2D eigenvalue weighted by atomic mass is 32.1. The lowest BCUT2D eigenvalue weighted by Gasteiger charge is -2.16. The quantitative estimate of drug-likeness (QED) is 0.675. The first kappa shape index (κ1) is 18.8. The molecule has 0 aliphatic heterocycles. The molecule has 3 aromatic rings. The van der Waals surface area contributed by atoms with Crippen molar-refractivity contribution in [2.75, 3.05) is 0 Å². The number of thiophene rings is 1. The van der Waals surface area contributed by atoms with Gasteiger partial charge < -0.3 is 5.32 Å². The molecule has 6 nitrogen and oxygen atoms in total. The Morgan fingerprint density at radius 2 is 2.07 bits per heavy atom. The third kappa shape index (κ3) is 3.50. The molecule has 27 heavy (non-hydrogen) atoms. The van der Waals surface area contributed by atoms with Crippen molar-refractivity contribution in [3.63, 3.8) is 0 Å². The van der Waals surface area contributed by atoms with E-state index < -0.39 is 18.1 Å². The topological polar surface area (TPSA) is 63.7 Å². The van der Waals surface area contributed by atoms with Gasteiger partial charge in [0.15, 0.2) is 5.65 Å². The first-order chi connectivity index (χ1) is 12.6. The molecule has 0 radical (unpaired) electrons. The Hall–Kier alpha value is -2.93. The zero-order valence-corrected chi connectivity index (χ0v) is 15.4. The summed E-state index contributed by atoms with van der Waals surface area (Å²) in [5.74, 6) is -0.911. The Labute approximate surface area is 156 Å². The van der Waals surface area contributed by atoms with Gasteiger partial charge in [-0.15, -0.1) is 0 Å². The molecule has 0 fully saturated rings. The molecular weight excluding hydrogens is 379 g/mol. The van der Waals surface area contributed by atoms with E-state index >= 15 is 0 Å². The summed E-state index contributed by atoms with van der Waals surface area (Å²) < 4.78 is 39.6. The molecule has 0 aliphatic carbocycles. The molecule has 10 heteroatoms. The minimum absolute atomic E-state index is 0.0614. The van der Waals surface area contributed by atoms with Crippen molar-refractivity contribution >= 4 is 28.6 Å². The monoisotopic (exact) mass is 393 g/mol. The summed E-state index contributed by atoms with van der Waals surface area (Å²) in [6, 6.07) is 1.46. The highest BCUT2D eigenvalue weighted by Crippen LogP contribution is 2.38. The molecule has 3 heterocycles. The van der Waals surface area contributed by atoms with Gasteiger partial charge in [0.1, 0.15) is 11.6 Å². The van der Waals surface area contributed by atoms with Gasteiger partial charge in [0, 0.05) is 5.69 Å². The summed E-state index contributed by atoms with van der Waals surface area (Å²) in [7, 11) is 0. The normalized spacial score (nSPS) is 12.8. The molecule has 0 spiro atoms. The fourth-order valence-corrected chi connectivity index (χ4v) is 3.42. The van der Waals surface area contributed by atoms with Crippen LogP contribution in [-0.4, -0.2) is 32.7 Å². The summed E-state index contributed by atoms with van der Waals surface area (Å²) in [4.78, 5) is 21.8. The van der Waals surface area contributed by atoms with Gasteiger partial charge in [-0.3, -0.25) is 4.79 Å². The number of alkyl halides is 3. The van der Waals surface area contributed by atoms with Crippen LogP contribution in [0.25, 0.3) is 21.1 Å². The molecule has 0 saturated carbocycles. The highest BCUT2D eigenvalue weighted by Gasteiger charge is 2.37. The number of carbonyl (C=O) groups excluding carboxylic acids is 1. The summed E-state index contributed by atoms with van der Waals surface area (Å²) in [5, 5.41) is 5.96. The van der Waals surface area contributed by atoms with Gasteiger partial charge in [-0.25, -0.2) is 14.3 Å². The van der Waals surface area contributed by atoms with Crippen LogP contribution in [0, 0.1) is 20.4 Å². The van der Waals surface area contributed by atoms with Crippen LogP contribution in [0.5, 0.6) is 0 Å². The third-order valence-corrected chi connectivity index (χ3v) is 4.98. The number of rotatable bonds is 3. The zero-order valence-electron chi connectivity index (χ0n) is 14.5.